The Morgan fingerprint density at radius 3 is 1.76 bits per heavy atom. The highest BCUT2D eigenvalue weighted by molar-refractivity contribution is 7.79. The number of benzene rings is 3. The maximum Gasteiger partial charge on any atom is 0.169 e. The van der Waals surface area contributed by atoms with Crippen molar-refractivity contribution in [1.82, 2.24) is 0 Å². The van der Waals surface area contributed by atoms with E-state index in [2.05, 4.69) is 38.1 Å². The molecular formula is C29H33O3P. The summed E-state index contributed by atoms with van der Waals surface area (Å²) in [5, 5.41) is 1.88. The highest BCUT2D eigenvalue weighted by Crippen LogP contribution is 2.59. The Morgan fingerprint density at radius 2 is 1.24 bits per heavy atom. The van der Waals surface area contributed by atoms with Crippen molar-refractivity contribution in [3.05, 3.63) is 96.6 Å². The zero-order valence-corrected chi connectivity index (χ0v) is 20.4. The minimum Gasteiger partial charge on any atom is -0.344 e. The quantitative estimate of drug-likeness (QED) is 0.432. The van der Waals surface area contributed by atoms with E-state index in [1.807, 2.05) is 66.7 Å². The van der Waals surface area contributed by atoms with Crippen LogP contribution in [0.25, 0.3) is 0 Å². The van der Waals surface area contributed by atoms with Gasteiger partial charge >= 0.3 is 0 Å². The first kappa shape index (κ1) is 22.6. The molecular weight excluding hydrogens is 427 g/mol. The third-order valence-corrected chi connectivity index (χ3v) is 11.2. The summed E-state index contributed by atoms with van der Waals surface area (Å²) in [5.41, 5.74) is 1.19. The van der Waals surface area contributed by atoms with Crippen LogP contribution in [-0.4, -0.2) is 23.7 Å². The topological polar surface area (TPSA) is 35.5 Å². The number of rotatable bonds is 4. The fourth-order valence-corrected chi connectivity index (χ4v) is 9.40. The Labute approximate surface area is 197 Å². The van der Waals surface area contributed by atoms with E-state index in [4.69, 9.17) is 9.47 Å². The summed E-state index contributed by atoms with van der Waals surface area (Å²) in [6.45, 7) is 4.19. The summed E-state index contributed by atoms with van der Waals surface area (Å²) in [7, 11) is -2.95. The summed E-state index contributed by atoms with van der Waals surface area (Å²) < 4.78 is 28.3. The minimum atomic E-state index is -2.95. The maximum absolute atomic E-state index is 15.4. The highest BCUT2D eigenvalue weighted by atomic mass is 31.2. The van der Waals surface area contributed by atoms with Gasteiger partial charge in [-0.2, -0.15) is 0 Å². The number of hydrogen-bond donors (Lipinski definition) is 0. The van der Waals surface area contributed by atoms with E-state index in [1.54, 1.807) is 0 Å². The smallest absolute Gasteiger partial charge is 0.169 e. The summed E-state index contributed by atoms with van der Waals surface area (Å²) in [5.74, 6) is -0.538. The molecule has 1 aliphatic heterocycles. The first-order valence-electron chi connectivity index (χ1n) is 12.1. The fraction of sp³-hybridized carbons (Fsp3) is 0.379. The van der Waals surface area contributed by atoms with Crippen LogP contribution in [0.4, 0.5) is 0 Å². The van der Waals surface area contributed by atoms with E-state index < -0.39 is 12.9 Å². The molecule has 3 nitrogen and oxygen atoms in total. The molecule has 0 amide bonds. The Bertz CT molecular complexity index is 1050. The van der Waals surface area contributed by atoms with Crippen molar-refractivity contribution in [2.24, 2.45) is 0 Å². The highest BCUT2D eigenvalue weighted by Gasteiger charge is 2.51. The molecule has 0 radical (unpaired) electrons. The third-order valence-electron chi connectivity index (χ3n) is 7.49. The van der Waals surface area contributed by atoms with Gasteiger partial charge in [0.25, 0.3) is 0 Å². The van der Waals surface area contributed by atoms with Crippen LogP contribution in [0.1, 0.15) is 51.0 Å². The van der Waals surface area contributed by atoms with Crippen molar-refractivity contribution in [3.8, 4) is 0 Å². The van der Waals surface area contributed by atoms with Crippen molar-refractivity contribution >= 4 is 17.8 Å². The SMILES string of the molecule is C[C@H]1OC2(CCC[C@H](P(=O)(c3ccccc3)c3ccccc3)[C@@H](c3ccccc3)C2)O[C@@H]1C. The lowest BCUT2D eigenvalue weighted by atomic mass is 9.89. The number of ether oxygens (including phenoxy) is 2. The van der Waals surface area contributed by atoms with Gasteiger partial charge in [-0.15, -0.1) is 0 Å². The second kappa shape index (κ2) is 9.22. The van der Waals surface area contributed by atoms with Crippen LogP contribution in [0.15, 0.2) is 91.0 Å². The summed E-state index contributed by atoms with van der Waals surface area (Å²) >= 11 is 0. The van der Waals surface area contributed by atoms with Crippen LogP contribution >= 0.6 is 7.14 Å². The molecule has 0 unspecified atom stereocenters. The van der Waals surface area contributed by atoms with E-state index in [0.717, 1.165) is 36.3 Å². The lowest BCUT2D eigenvalue weighted by molar-refractivity contribution is -0.183. The van der Waals surface area contributed by atoms with Crippen molar-refractivity contribution in [1.29, 1.82) is 0 Å². The van der Waals surface area contributed by atoms with Crippen molar-refractivity contribution < 1.29 is 14.0 Å². The molecule has 5 rings (SSSR count). The molecule has 4 atom stereocenters. The second-order valence-electron chi connectivity index (χ2n) is 9.57. The first-order valence-corrected chi connectivity index (χ1v) is 13.9. The molecule has 1 heterocycles. The Morgan fingerprint density at radius 1 is 0.758 bits per heavy atom. The summed E-state index contributed by atoms with van der Waals surface area (Å²) in [6.07, 6.45) is 3.49. The fourth-order valence-electron chi connectivity index (χ4n) is 5.77. The lowest BCUT2D eigenvalue weighted by Gasteiger charge is -2.36. The third kappa shape index (κ3) is 4.23. The largest absolute Gasteiger partial charge is 0.344 e. The van der Waals surface area contributed by atoms with E-state index in [0.29, 0.717) is 0 Å². The zero-order chi connectivity index (χ0) is 22.9. The lowest BCUT2D eigenvalue weighted by Crippen LogP contribution is -2.35. The first-order chi connectivity index (χ1) is 16.0. The van der Waals surface area contributed by atoms with Gasteiger partial charge in [-0.25, -0.2) is 0 Å². The van der Waals surface area contributed by atoms with E-state index in [-0.39, 0.29) is 23.8 Å². The van der Waals surface area contributed by atoms with Gasteiger partial charge in [-0.3, -0.25) is 0 Å². The van der Waals surface area contributed by atoms with Crippen LogP contribution < -0.4 is 10.6 Å². The molecule has 2 fully saturated rings. The molecule has 1 spiro atoms. The summed E-state index contributed by atoms with van der Waals surface area (Å²) in [6, 6.07) is 30.8. The molecule has 1 saturated heterocycles. The molecule has 4 heteroatoms. The van der Waals surface area contributed by atoms with Crippen LogP contribution in [0, 0.1) is 0 Å². The standard InChI is InChI=1S/C29H33O3P/c1-22-23(2)32-29(31-22)20-12-19-28(27(21-29)24-13-6-3-7-14-24)33(30,25-15-8-4-9-16-25)26-17-10-5-11-18-26/h3-11,13-18,22-23,27-28H,12,19-21H2,1-2H3/t22-,23-,27-,28+/m1/s1. The molecule has 1 saturated carbocycles. The van der Waals surface area contributed by atoms with Crippen molar-refractivity contribution in [3.63, 3.8) is 0 Å². The average molecular weight is 461 g/mol. The van der Waals surface area contributed by atoms with Crippen molar-refractivity contribution in [2.45, 2.75) is 69.1 Å². The van der Waals surface area contributed by atoms with Gasteiger partial charge in [-0.05, 0) is 38.2 Å². The second-order valence-corrected chi connectivity index (χ2v) is 12.6. The number of hydrogen-bond acceptors (Lipinski definition) is 3. The van der Waals surface area contributed by atoms with E-state index >= 15 is 4.57 Å². The van der Waals surface area contributed by atoms with Gasteiger partial charge < -0.3 is 14.0 Å². The Balaban J connectivity index is 1.66. The zero-order valence-electron chi connectivity index (χ0n) is 19.5. The molecule has 0 bridgehead atoms. The Hall–Kier alpha value is -2.19. The van der Waals surface area contributed by atoms with E-state index in [9.17, 15) is 0 Å². The van der Waals surface area contributed by atoms with Crippen LogP contribution in [0.5, 0.6) is 0 Å². The average Bonchev–Trinajstić information content (AvgIpc) is 3.02. The molecule has 0 N–H and O–H groups in total. The molecule has 172 valence electrons. The molecule has 1 aliphatic carbocycles. The van der Waals surface area contributed by atoms with Gasteiger partial charge in [0.2, 0.25) is 0 Å². The molecule has 3 aromatic rings. The molecule has 3 aromatic carbocycles. The van der Waals surface area contributed by atoms with Gasteiger partial charge in [0.15, 0.2) is 5.79 Å². The predicted octanol–water partition coefficient (Wildman–Crippen LogP) is 6.25. The van der Waals surface area contributed by atoms with E-state index in [1.165, 1.54) is 5.56 Å². The van der Waals surface area contributed by atoms with Gasteiger partial charge in [0.05, 0.1) is 12.2 Å². The molecule has 2 aliphatic rings. The normalized spacial score (nSPS) is 27.3. The van der Waals surface area contributed by atoms with Gasteiger partial charge in [-0.1, -0.05) is 91.0 Å². The van der Waals surface area contributed by atoms with Crippen LogP contribution in [0.3, 0.4) is 0 Å². The minimum absolute atomic E-state index is 0.0255. The van der Waals surface area contributed by atoms with Gasteiger partial charge in [0.1, 0.15) is 7.14 Å². The Kier molecular flexibility index (Phi) is 6.31. The van der Waals surface area contributed by atoms with Crippen LogP contribution in [0.2, 0.25) is 0 Å². The monoisotopic (exact) mass is 460 g/mol. The summed E-state index contributed by atoms with van der Waals surface area (Å²) in [4.78, 5) is 0. The van der Waals surface area contributed by atoms with Crippen LogP contribution in [-0.2, 0) is 14.0 Å². The maximum atomic E-state index is 15.4. The molecule has 33 heavy (non-hydrogen) atoms. The van der Waals surface area contributed by atoms with Gasteiger partial charge in [0, 0.05) is 29.1 Å². The van der Waals surface area contributed by atoms with Crippen molar-refractivity contribution in [2.75, 3.05) is 0 Å². The predicted molar refractivity (Wildman–Crippen MR) is 135 cm³/mol. The molecule has 0 aromatic heterocycles.